The standard InChI is InChI=1S/C13H17ClF3N3/c1-7-3-4-9(5-8(7)2)18-11-6-10(14)19-12(20-11)13(15,16)17/h6-9H,3-5H2,1-2H3,(H,18,19,20). The first-order chi connectivity index (χ1) is 9.25. The van der Waals surface area contributed by atoms with Gasteiger partial charge >= 0.3 is 6.18 Å². The molecule has 0 aliphatic heterocycles. The van der Waals surface area contributed by atoms with Crippen molar-refractivity contribution >= 4 is 17.4 Å². The van der Waals surface area contributed by atoms with E-state index in [4.69, 9.17) is 11.6 Å². The van der Waals surface area contributed by atoms with Gasteiger partial charge in [-0.25, -0.2) is 9.97 Å². The molecule has 112 valence electrons. The number of nitrogens with zero attached hydrogens (tertiary/aromatic N) is 2. The summed E-state index contributed by atoms with van der Waals surface area (Å²) in [7, 11) is 0. The van der Waals surface area contributed by atoms with Crippen LogP contribution in [0.15, 0.2) is 6.07 Å². The molecule has 1 heterocycles. The van der Waals surface area contributed by atoms with Crippen molar-refractivity contribution in [3.8, 4) is 0 Å². The molecule has 7 heteroatoms. The van der Waals surface area contributed by atoms with Crippen molar-refractivity contribution in [2.75, 3.05) is 5.32 Å². The topological polar surface area (TPSA) is 37.8 Å². The molecule has 1 aliphatic rings. The number of nitrogens with one attached hydrogen (secondary N) is 1. The molecule has 0 saturated heterocycles. The fourth-order valence-electron chi connectivity index (χ4n) is 2.51. The van der Waals surface area contributed by atoms with Crippen LogP contribution in [0.4, 0.5) is 19.0 Å². The maximum absolute atomic E-state index is 12.6. The van der Waals surface area contributed by atoms with Gasteiger partial charge in [-0.1, -0.05) is 25.4 Å². The highest BCUT2D eigenvalue weighted by atomic mass is 35.5. The minimum absolute atomic E-state index is 0.133. The first kappa shape index (κ1) is 15.4. The Morgan fingerprint density at radius 1 is 1.20 bits per heavy atom. The summed E-state index contributed by atoms with van der Waals surface area (Å²) in [6.07, 6.45) is -1.68. The molecular formula is C13H17ClF3N3. The fourth-order valence-corrected chi connectivity index (χ4v) is 2.69. The summed E-state index contributed by atoms with van der Waals surface area (Å²) in [6, 6.07) is 1.47. The van der Waals surface area contributed by atoms with Gasteiger partial charge in [-0.05, 0) is 31.1 Å². The number of hydrogen-bond acceptors (Lipinski definition) is 3. The van der Waals surface area contributed by atoms with Crippen molar-refractivity contribution in [2.24, 2.45) is 11.8 Å². The maximum atomic E-state index is 12.6. The lowest BCUT2D eigenvalue weighted by Crippen LogP contribution is -2.31. The van der Waals surface area contributed by atoms with Gasteiger partial charge < -0.3 is 5.32 Å². The third kappa shape index (κ3) is 3.75. The van der Waals surface area contributed by atoms with E-state index in [0.29, 0.717) is 11.8 Å². The minimum Gasteiger partial charge on any atom is -0.367 e. The van der Waals surface area contributed by atoms with Gasteiger partial charge in [0.2, 0.25) is 5.82 Å². The second kappa shape index (κ2) is 5.76. The molecule has 20 heavy (non-hydrogen) atoms. The number of hydrogen-bond donors (Lipinski definition) is 1. The Morgan fingerprint density at radius 2 is 1.90 bits per heavy atom. The molecule has 3 nitrogen and oxygen atoms in total. The van der Waals surface area contributed by atoms with Gasteiger partial charge in [-0.3, -0.25) is 0 Å². The molecule has 0 aromatic carbocycles. The highest BCUT2D eigenvalue weighted by Gasteiger charge is 2.35. The van der Waals surface area contributed by atoms with Gasteiger partial charge in [-0.2, -0.15) is 13.2 Å². The van der Waals surface area contributed by atoms with E-state index in [1.807, 2.05) is 0 Å². The van der Waals surface area contributed by atoms with E-state index >= 15 is 0 Å². The van der Waals surface area contributed by atoms with Crippen molar-refractivity contribution in [1.29, 1.82) is 0 Å². The highest BCUT2D eigenvalue weighted by Crippen LogP contribution is 2.32. The fraction of sp³-hybridized carbons (Fsp3) is 0.692. The number of halogens is 4. The molecule has 1 aliphatic carbocycles. The zero-order chi connectivity index (χ0) is 14.9. The molecule has 1 aromatic heterocycles. The zero-order valence-corrected chi connectivity index (χ0v) is 12.1. The minimum atomic E-state index is -4.59. The first-order valence-corrected chi connectivity index (χ1v) is 7.02. The van der Waals surface area contributed by atoms with E-state index in [1.165, 1.54) is 6.07 Å². The van der Waals surface area contributed by atoms with Gasteiger partial charge in [0.05, 0.1) is 0 Å². The Kier molecular flexibility index (Phi) is 4.42. The lowest BCUT2D eigenvalue weighted by molar-refractivity contribution is -0.144. The van der Waals surface area contributed by atoms with Crippen LogP contribution in [0.1, 0.15) is 38.9 Å². The van der Waals surface area contributed by atoms with Crippen LogP contribution in [0.5, 0.6) is 0 Å². The molecule has 3 unspecified atom stereocenters. The predicted octanol–water partition coefficient (Wildman–Crippen LogP) is 4.39. The Balaban J connectivity index is 2.12. The van der Waals surface area contributed by atoms with Crippen LogP contribution in [0.2, 0.25) is 5.15 Å². The maximum Gasteiger partial charge on any atom is 0.451 e. The van der Waals surface area contributed by atoms with Crippen LogP contribution < -0.4 is 5.32 Å². The largest absolute Gasteiger partial charge is 0.451 e. The van der Waals surface area contributed by atoms with Crippen LogP contribution in [-0.2, 0) is 6.18 Å². The zero-order valence-electron chi connectivity index (χ0n) is 11.3. The van der Waals surface area contributed by atoms with Gasteiger partial charge in [0, 0.05) is 12.1 Å². The average molecular weight is 308 g/mol. The second-order valence-corrected chi connectivity index (χ2v) is 5.89. The Hall–Kier alpha value is -1.04. The van der Waals surface area contributed by atoms with Crippen LogP contribution in [-0.4, -0.2) is 16.0 Å². The van der Waals surface area contributed by atoms with E-state index in [-0.39, 0.29) is 17.0 Å². The number of alkyl halides is 3. The SMILES string of the molecule is CC1CCC(Nc2cc(Cl)nc(C(F)(F)F)n2)CC1C. The summed E-state index contributed by atoms with van der Waals surface area (Å²) < 4.78 is 37.9. The quantitative estimate of drug-likeness (QED) is 0.824. The second-order valence-electron chi connectivity index (χ2n) is 5.51. The number of anilines is 1. The average Bonchev–Trinajstić information content (AvgIpc) is 2.32. The molecular weight excluding hydrogens is 291 g/mol. The Bertz CT molecular complexity index is 478. The van der Waals surface area contributed by atoms with Crippen molar-refractivity contribution in [3.05, 3.63) is 17.0 Å². The van der Waals surface area contributed by atoms with Crippen molar-refractivity contribution in [3.63, 3.8) is 0 Å². The van der Waals surface area contributed by atoms with Crippen LogP contribution in [0.3, 0.4) is 0 Å². The Morgan fingerprint density at radius 3 is 2.50 bits per heavy atom. The summed E-state index contributed by atoms with van der Waals surface area (Å²) in [5, 5.41) is 2.85. The van der Waals surface area contributed by atoms with Crippen molar-refractivity contribution < 1.29 is 13.2 Å². The third-order valence-corrected chi connectivity index (χ3v) is 4.09. The molecule has 2 rings (SSSR count). The van der Waals surface area contributed by atoms with E-state index in [0.717, 1.165) is 19.3 Å². The molecule has 1 aromatic rings. The lowest BCUT2D eigenvalue weighted by atomic mass is 9.79. The monoisotopic (exact) mass is 307 g/mol. The summed E-state index contributed by atoms with van der Waals surface area (Å²) in [5.74, 6) is 0.127. The highest BCUT2D eigenvalue weighted by molar-refractivity contribution is 6.29. The predicted molar refractivity (Wildman–Crippen MR) is 71.6 cm³/mol. The van der Waals surface area contributed by atoms with E-state index in [9.17, 15) is 13.2 Å². The lowest BCUT2D eigenvalue weighted by Gasteiger charge is -2.32. The normalized spacial score (nSPS) is 27.4. The molecule has 0 spiro atoms. The summed E-state index contributed by atoms with van der Waals surface area (Å²) in [4.78, 5) is 6.73. The van der Waals surface area contributed by atoms with E-state index < -0.39 is 12.0 Å². The van der Waals surface area contributed by atoms with Crippen LogP contribution in [0, 0.1) is 11.8 Å². The summed E-state index contributed by atoms with van der Waals surface area (Å²) >= 11 is 5.63. The molecule has 1 fully saturated rings. The molecule has 0 bridgehead atoms. The first-order valence-electron chi connectivity index (χ1n) is 6.64. The van der Waals surface area contributed by atoms with E-state index in [2.05, 4.69) is 29.1 Å². The summed E-state index contributed by atoms with van der Waals surface area (Å²) in [5.41, 5.74) is 0. The van der Waals surface area contributed by atoms with Crippen LogP contribution >= 0.6 is 11.6 Å². The molecule has 0 amide bonds. The van der Waals surface area contributed by atoms with Gasteiger partial charge in [0.25, 0.3) is 0 Å². The molecule has 0 radical (unpaired) electrons. The third-order valence-electron chi connectivity index (χ3n) is 3.90. The van der Waals surface area contributed by atoms with Gasteiger partial charge in [0.1, 0.15) is 11.0 Å². The number of aromatic nitrogens is 2. The summed E-state index contributed by atoms with van der Waals surface area (Å²) in [6.45, 7) is 4.36. The molecule has 3 atom stereocenters. The smallest absolute Gasteiger partial charge is 0.367 e. The van der Waals surface area contributed by atoms with Crippen LogP contribution in [0.25, 0.3) is 0 Å². The molecule has 1 saturated carbocycles. The van der Waals surface area contributed by atoms with Gasteiger partial charge in [-0.15, -0.1) is 0 Å². The van der Waals surface area contributed by atoms with Crippen molar-refractivity contribution in [1.82, 2.24) is 9.97 Å². The van der Waals surface area contributed by atoms with Crippen molar-refractivity contribution in [2.45, 2.75) is 45.3 Å². The Labute approximate surface area is 120 Å². The molecule has 1 N–H and O–H groups in total. The van der Waals surface area contributed by atoms with E-state index in [1.54, 1.807) is 0 Å². The number of rotatable bonds is 2. The van der Waals surface area contributed by atoms with Gasteiger partial charge in [0.15, 0.2) is 0 Å².